The first kappa shape index (κ1) is 22.8. The molecular weight excluding hydrogens is 438 g/mol. The van der Waals surface area contributed by atoms with Gasteiger partial charge in [-0.15, -0.1) is 0 Å². The lowest BCUT2D eigenvalue weighted by Gasteiger charge is -2.53. The van der Waals surface area contributed by atoms with Crippen molar-refractivity contribution in [2.24, 2.45) is 5.92 Å². The predicted molar refractivity (Wildman–Crippen MR) is 134 cm³/mol. The largest absolute Gasteiger partial charge is 0.372 e. The molecule has 0 radical (unpaired) electrons. The summed E-state index contributed by atoms with van der Waals surface area (Å²) < 4.78 is 9.14. The van der Waals surface area contributed by atoms with Crippen molar-refractivity contribution in [1.29, 1.82) is 0 Å². The summed E-state index contributed by atoms with van der Waals surface area (Å²) in [6.45, 7) is 17.5. The summed E-state index contributed by atoms with van der Waals surface area (Å²) in [5, 5.41) is 3.68. The summed E-state index contributed by atoms with van der Waals surface area (Å²) in [6.07, 6.45) is 5.23. The molecule has 0 aromatic heterocycles. The molecule has 0 aromatic rings. The van der Waals surface area contributed by atoms with Crippen LogP contribution in [0, 0.1) is 5.92 Å². The van der Waals surface area contributed by atoms with E-state index in [9.17, 15) is 0 Å². The molecule has 32 heavy (non-hydrogen) atoms. The second kappa shape index (κ2) is 8.19. The minimum Gasteiger partial charge on any atom is -0.372 e. The molecule has 6 fully saturated rings. The van der Waals surface area contributed by atoms with E-state index in [2.05, 4.69) is 52.0 Å². The molecule has 5 aliphatic heterocycles. The van der Waals surface area contributed by atoms with Crippen molar-refractivity contribution in [2.75, 3.05) is 51.6 Å². The van der Waals surface area contributed by atoms with Crippen LogP contribution < -0.4 is 5.32 Å². The summed E-state index contributed by atoms with van der Waals surface area (Å²) in [7, 11) is -0.0487. The van der Waals surface area contributed by atoms with E-state index >= 15 is 0 Å². The number of nitrogens with one attached hydrogen (secondary N) is 1. The number of ether oxygens (including phenoxy) is 1. The first-order chi connectivity index (χ1) is 15.3. The number of piperazine rings is 2. The number of fused-ring (bicyclic) bond motifs is 4. The second-order valence-corrected chi connectivity index (χ2v) is 14.7. The Morgan fingerprint density at radius 1 is 1.16 bits per heavy atom. The van der Waals surface area contributed by atoms with Gasteiger partial charge in [0, 0.05) is 81.1 Å². The van der Waals surface area contributed by atoms with Crippen molar-refractivity contribution in [1.82, 2.24) is 24.3 Å². The lowest BCUT2D eigenvalue weighted by atomic mass is 10.1. The van der Waals surface area contributed by atoms with Gasteiger partial charge in [-0.25, -0.2) is 4.31 Å². The van der Waals surface area contributed by atoms with Crippen LogP contribution in [-0.2, 0) is 25.6 Å². The maximum absolute atomic E-state index is 6.35. The van der Waals surface area contributed by atoms with Crippen molar-refractivity contribution < 1.29 is 4.74 Å². The highest BCUT2D eigenvalue weighted by molar-refractivity contribution is 8.27. The van der Waals surface area contributed by atoms with Crippen LogP contribution in [0.25, 0.3) is 0 Å². The fraction of sp³-hybridized carbons (Fsp3) is 1.00. The molecule has 0 amide bonds. The van der Waals surface area contributed by atoms with Gasteiger partial charge < -0.3 is 10.1 Å². The smallest absolute Gasteiger partial charge is 0.0851 e. The Morgan fingerprint density at radius 3 is 2.53 bits per heavy atom. The molecule has 5 heterocycles. The van der Waals surface area contributed by atoms with E-state index in [0.717, 1.165) is 31.8 Å². The first-order valence-corrected chi connectivity index (χ1v) is 15.3. The number of morpholine rings is 1. The zero-order valence-electron chi connectivity index (χ0n) is 20.5. The number of hydrogen-bond donors (Lipinski definition) is 1. The van der Waals surface area contributed by atoms with E-state index in [4.69, 9.17) is 15.9 Å². The summed E-state index contributed by atoms with van der Waals surface area (Å²) in [4.78, 5) is 8.21. The molecule has 4 bridgehead atoms. The summed E-state index contributed by atoms with van der Waals surface area (Å²) in [5.41, 5.74) is 0.282. The van der Waals surface area contributed by atoms with E-state index in [1.54, 1.807) is 0 Å². The van der Waals surface area contributed by atoms with Crippen LogP contribution in [0.1, 0.15) is 53.4 Å². The monoisotopic (exact) mass is 481 g/mol. The van der Waals surface area contributed by atoms with Crippen LogP contribution in [0.3, 0.4) is 0 Å². The van der Waals surface area contributed by atoms with E-state index in [0.29, 0.717) is 24.0 Å². The molecule has 5 unspecified atom stereocenters. The molecule has 182 valence electrons. The quantitative estimate of drug-likeness (QED) is 0.614. The van der Waals surface area contributed by atoms with Gasteiger partial charge in [0.2, 0.25) is 0 Å². The maximum atomic E-state index is 6.35. The van der Waals surface area contributed by atoms with Gasteiger partial charge in [0.05, 0.1) is 17.9 Å². The van der Waals surface area contributed by atoms with E-state index < -0.39 is 0 Å². The van der Waals surface area contributed by atoms with Crippen LogP contribution >= 0.6 is 0 Å². The van der Waals surface area contributed by atoms with Crippen LogP contribution in [0.2, 0.25) is 0 Å². The summed E-state index contributed by atoms with van der Waals surface area (Å²) in [5.74, 6) is 1.84. The van der Waals surface area contributed by atoms with E-state index in [1.165, 1.54) is 57.6 Å². The molecule has 1 spiro atoms. The van der Waals surface area contributed by atoms with Crippen LogP contribution in [-0.4, -0.2) is 112 Å². The van der Waals surface area contributed by atoms with Crippen LogP contribution in [0.15, 0.2) is 0 Å². The minimum atomic E-state index is -0.0487. The van der Waals surface area contributed by atoms with Gasteiger partial charge in [0.15, 0.2) is 0 Å². The first-order valence-electron chi connectivity index (χ1n) is 13.1. The number of likely N-dealkylation sites (tertiary alicyclic amines) is 2. The molecule has 5 saturated heterocycles. The van der Waals surface area contributed by atoms with Crippen molar-refractivity contribution in [3.05, 3.63) is 0 Å². The lowest BCUT2D eigenvalue weighted by Crippen LogP contribution is -2.67. The van der Waals surface area contributed by atoms with Crippen molar-refractivity contribution in [3.63, 3.8) is 0 Å². The highest BCUT2D eigenvalue weighted by Gasteiger charge is 2.59. The number of hydrogen-bond acceptors (Lipinski definition) is 6. The van der Waals surface area contributed by atoms with Crippen LogP contribution in [0.4, 0.5) is 0 Å². The van der Waals surface area contributed by atoms with Gasteiger partial charge in [-0.2, -0.15) is 0 Å². The standard InChI is InChI=1S/C24H43N5OS2/c1-17(2)26-7-8-30-24(16-26)10-18(24)15-32(31)29-20-5-6-21(29)14-27(13-20)23(3,4)28-12-19-9-22(28)11-25-19/h17-22,25H,5-16H2,1-4H3/t18?,19-,20?,21?,22-,24?,32?/m1/s1. The Hall–Kier alpha value is 0.330. The Morgan fingerprint density at radius 2 is 1.91 bits per heavy atom. The summed E-state index contributed by atoms with van der Waals surface area (Å²) in [6, 6.07) is 3.37. The molecule has 1 saturated carbocycles. The highest BCUT2D eigenvalue weighted by Crippen LogP contribution is 2.50. The molecule has 1 N–H and O–H groups in total. The lowest BCUT2D eigenvalue weighted by molar-refractivity contribution is -0.0709. The fourth-order valence-electron chi connectivity index (χ4n) is 7.53. The maximum Gasteiger partial charge on any atom is 0.0851 e. The third-order valence-corrected chi connectivity index (χ3v) is 12.4. The Bertz CT molecular complexity index is 751. The highest BCUT2D eigenvalue weighted by atomic mass is 32.8. The molecular formula is C24H43N5OS2. The molecule has 1 aliphatic carbocycles. The fourth-order valence-corrected chi connectivity index (χ4v) is 10.7. The second-order valence-electron chi connectivity index (χ2n) is 12.2. The van der Waals surface area contributed by atoms with Gasteiger partial charge in [-0.05, 0) is 64.6 Å². The predicted octanol–water partition coefficient (Wildman–Crippen LogP) is 1.41. The van der Waals surface area contributed by atoms with Crippen LogP contribution in [0.5, 0.6) is 0 Å². The van der Waals surface area contributed by atoms with E-state index in [1.807, 2.05) is 0 Å². The third-order valence-electron chi connectivity index (χ3n) is 9.67. The third kappa shape index (κ3) is 3.76. The molecule has 7 atom stereocenters. The minimum absolute atomic E-state index is 0.0487. The Kier molecular flexibility index (Phi) is 5.83. The molecule has 8 heteroatoms. The van der Waals surface area contributed by atoms with Gasteiger partial charge in [-0.1, -0.05) is 9.64 Å². The number of rotatable bonds is 6. The average molecular weight is 482 g/mol. The topological polar surface area (TPSA) is 34.2 Å². The van der Waals surface area contributed by atoms with Gasteiger partial charge >= 0.3 is 0 Å². The normalized spacial score (nSPS) is 44.2. The molecule has 0 aromatic carbocycles. The van der Waals surface area contributed by atoms with Crippen molar-refractivity contribution in [2.45, 2.75) is 94.9 Å². The van der Waals surface area contributed by atoms with Gasteiger partial charge in [-0.3, -0.25) is 14.7 Å². The zero-order chi connectivity index (χ0) is 22.3. The Labute approximate surface area is 202 Å². The molecule has 6 aliphatic rings. The van der Waals surface area contributed by atoms with Crippen molar-refractivity contribution in [3.8, 4) is 0 Å². The zero-order valence-corrected chi connectivity index (χ0v) is 22.1. The number of nitrogens with zero attached hydrogens (tertiary/aromatic N) is 4. The summed E-state index contributed by atoms with van der Waals surface area (Å²) >= 11 is 6.23. The van der Waals surface area contributed by atoms with E-state index in [-0.39, 0.29) is 20.9 Å². The van der Waals surface area contributed by atoms with Gasteiger partial charge in [0.25, 0.3) is 0 Å². The van der Waals surface area contributed by atoms with Crippen molar-refractivity contribution >= 4 is 20.8 Å². The average Bonchev–Trinajstić information content (AvgIpc) is 3.13. The Balaban J connectivity index is 1.08. The van der Waals surface area contributed by atoms with Gasteiger partial charge in [0.1, 0.15) is 0 Å². The molecule has 6 nitrogen and oxygen atoms in total. The molecule has 6 rings (SSSR count). The SMILES string of the molecule is CC(C)N1CCOC2(CC2CS(=S)N2C3CCC2CN(C(C)(C)N2C[C@H]4C[C@@H]2CN4)C3)C1.